The van der Waals surface area contributed by atoms with Crippen molar-refractivity contribution in [3.8, 4) is 29.1 Å². The van der Waals surface area contributed by atoms with Crippen molar-refractivity contribution in [2.75, 3.05) is 37.9 Å². The van der Waals surface area contributed by atoms with Gasteiger partial charge < -0.3 is 29.5 Å². The molecule has 1 spiro atoms. The highest BCUT2D eigenvalue weighted by Crippen LogP contribution is 2.66. The van der Waals surface area contributed by atoms with Gasteiger partial charge in [0.2, 0.25) is 18.6 Å². The number of hydrogen-bond acceptors (Lipinski definition) is 10. The Kier molecular flexibility index (Phi) is 12.7. The number of imide groups is 1. The molecule has 4 amide bonds. The number of urea groups is 1. The number of phenolic OH excluding ortho intramolecular Hbond substituents is 1. The smallest absolute Gasteiger partial charge is 0.329 e. The van der Waals surface area contributed by atoms with Crippen LogP contribution in [0.4, 0.5) is 10.5 Å². The number of carbonyl (C=O) groups excluding carboxylic acids is 4. The number of phenols is 1. The zero-order valence-electron chi connectivity index (χ0n) is 41.6. The number of fused-ring (bicyclic) bond motifs is 4. The van der Waals surface area contributed by atoms with E-state index in [0.717, 1.165) is 53.5 Å². The molecule has 5 heterocycles. The zero-order valence-corrected chi connectivity index (χ0v) is 41.6. The lowest BCUT2D eigenvalue weighted by Gasteiger charge is -2.46. The summed E-state index contributed by atoms with van der Waals surface area (Å²) in [4.78, 5) is 71.6. The van der Waals surface area contributed by atoms with Crippen LogP contribution in [-0.2, 0) is 31.1 Å². The SMILES string of the molecule is CC(NC(=O)N1C(=O)C2(c3cc(C#CC4=CCCCC4)ccc31)C(C(=O)N1CCN(Cc3ccc4c(c3)OCO4)CC1)C1C(=O)OC(c3ccccc3)C(c3ccccc3)N1C2c1ccc(O)cc1)c1ccccc1. The van der Waals surface area contributed by atoms with Gasteiger partial charge in [0.15, 0.2) is 11.5 Å². The predicted molar refractivity (Wildman–Crippen MR) is 281 cm³/mol. The molecule has 0 aromatic heterocycles. The topological polar surface area (TPSA) is 141 Å². The molecule has 0 radical (unpaired) electrons. The van der Waals surface area contributed by atoms with E-state index >= 15 is 19.2 Å². The van der Waals surface area contributed by atoms with Crippen LogP contribution in [0, 0.1) is 17.8 Å². The van der Waals surface area contributed by atoms with Gasteiger partial charge in [0, 0.05) is 38.3 Å². The lowest BCUT2D eigenvalue weighted by atomic mass is 9.64. The first-order valence-corrected chi connectivity index (χ1v) is 26.0. The van der Waals surface area contributed by atoms with E-state index in [1.54, 1.807) is 35.2 Å². The number of morpholine rings is 1. The molecular weight excluding hydrogens is 943 g/mol. The summed E-state index contributed by atoms with van der Waals surface area (Å²) in [5.74, 6) is 5.06. The second kappa shape index (κ2) is 19.9. The Morgan fingerprint density at radius 2 is 1.45 bits per heavy atom. The van der Waals surface area contributed by atoms with Gasteiger partial charge >= 0.3 is 12.0 Å². The van der Waals surface area contributed by atoms with Crippen LogP contribution < -0.4 is 19.7 Å². The molecule has 378 valence electrons. The number of nitrogens with one attached hydrogen (secondary N) is 1. The van der Waals surface area contributed by atoms with Gasteiger partial charge in [-0.3, -0.25) is 24.2 Å². The van der Waals surface area contributed by atoms with E-state index in [0.29, 0.717) is 66.6 Å². The summed E-state index contributed by atoms with van der Waals surface area (Å²) in [5, 5.41) is 14.0. The van der Waals surface area contributed by atoms with E-state index in [4.69, 9.17) is 14.2 Å². The van der Waals surface area contributed by atoms with E-state index in [1.165, 1.54) is 4.90 Å². The van der Waals surface area contributed by atoms with Gasteiger partial charge in [-0.05, 0) is 114 Å². The fourth-order valence-electron chi connectivity index (χ4n) is 12.4. The number of esters is 1. The number of ether oxygens (including phenoxy) is 3. The van der Waals surface area contributed by atoms with E-state index in [9.17, 15) is 5.11 Å². The maximum atomic E-state index is 16.9. The number of hydrogen-bond donors (Lipinski definition) is 2. The molecule has 0 bridgehead atoms. The first kappa shape index (κ1) is 47.8. The number of aromatic hydroxyl groups is 1. The number of piperazine rings is 1. The van der Waals surface area contributed by atoms with Crippen molar-refractivity contribution in [3.05, 3.63) is 202 Å². The van der Waals surface area contributed by atoms with Crippen molar-refractivity contribution in [2.45, 2.75) is 74.8 Å². The Hall–Kier alpha value is -8.18. The molecule has 6 aliphatic rings. The Balaban J connectivity index is 1.05. The number of anilines is 1. The van der Waals surface area contributed by atoms with Crippen LogP contribution in [0.5, 0.6) is 17.2 Å². The normalized spacial score (nSPS) is 24.4. The Labute approximate surface area is 436 Å². The van der Waals surface area contributed by atoms with Crippen molar-refractivity contribution in [3.63, 3.8) is 0 Å². The molecule has 3 saturated heterocycles. The molecule has 13 nitrogen and oxygen atoms in total. The van der Waals surface area contributed by atoms with E-state index in [2.05, 4.69) is 28.1 Å². The van der Waals surface area contributed by atoms with E-state index < -0.39 is 65.4 Å². The lowest BCUT2D eigenvalue weighted by molar-refractivity contribution is -0.179. The average Bonchev–Trinajstić information content (AvgIpc) is 4.16. The van der Waals surface area contributed by atoms with Gasteiger partial charge in [0.25, 0.3) is 0 Å². The Morgan fingerprint density at radius 3 is 2.17 bits per heavy atom. The second-order valence-corrected chi connectivity index (χ2v) is 20.3. The van der Waals surface area contributed by atoms with Crippen LogP contribution in [0.25, 0.3) is 0 Å². The number of benzene rings is 6. The molecule has 6 aromatic rings. The highest BCUT2D eigenvalue weighted by molar-refractivity contribution is 6.24. The molecule has 3 fully saturated rings. The summed E-state index contributed by atoms with van der Waals surface area (Å²) in [6, 6.07) is 42.4. The molecule has 1 aliphatic carbocycles. The van der Waals surface area contributed by atoms with Crippen LogP contribution in [0.15, 0.2) is 163 Å². The summed E-state index contributed by atoms with van der Waals surface area (Å²) < 4.78 is 18.0. The zero-order chi connectivity index (χ0) is 51.2. The summed E-state index contributed by atoms with van der Waals surface area (Å²) in [5.41, 5.74) is 4.33. The number of rotatable bonds is 8. The first-order valence-electron chi connectivity index (χ1n) is 26.0. The van der Waals surface area contributed by atoms with Gasteiger partial charge in [0.1, 0.15) is 23.3 Å². The first-order chi connectivity index (χ1) is 36.7. The maximum absolute atomic E-state index is 16.9. The number of amides is 4. The standard InChI is InChI=1S/C62H57N5O8/c1-40(44-16-8-3-9-17-44)63-61(72)66-50-30-24-42(23-22-41-14-6-2-7-15-41)36-49(50)62(60(66)71)53(58(69)65-34-32-64(33-35-65)38-43-25-31-51-52(37-43)74-39-73-51)55-59(70)75-56(46-20-12-5-13-21-46)54(45-18-10-4-11-19-45)67(55)57(62)47-26-28-48(68)29-27-47/h3-5,8-14,16-21,24-31,36-37,40,53-57,68H,2,6-7,15,32-35,38-39H2,1H3,(H,63,72). The summed E-state index contributed by atoms with van der Waals surface area (Å²) >= 11 is 0. The number of allylic oxidation sites excluding steroid dienone is 2. The minimum Gasteiger partial charge on any atom is -0.508 e. The molecule has 2 N–H and O–H groups in total. The third kappa shape index (κ3) is 8.57. The van der Waals surface area contributed by atoms with Crippen molar-refractivity contribution < 1.29 is 38.5 Å². The molecule has 7 atom stereocenters. The minimum atomic E-state index is -1.95. The van der Waals surface area contributed by atoms with Gasteiger partial charge in [0.05, 0.1) is 29.7 Å². The number of cyclic esters (lactones) is 1. The summed E-state index contributed by atoms with van der Waals surface area (Å²) in [6.45, 7) is 4.27. The lowest BCUT2D eigenvalue weighted by Crippen LogP contribution is -2.59. The summed E-state index contributed by atoms with van der Waals surface area (Å²) in [6.07, 6.45) is 5.24. The fraction of sp³-hybridized carbons (Fsp3) is 0.290. The van der Waals surface area contributed by atoms with Crippen molar-refractivity contribution in [1.29, 1.82) is 0 Å². The highest BCUT2D eigenvalue weighted by atomic mass is 16.7. The second-order valence-electron chi connectivity index (χ2n) is 20.3. The van der Waals surface area contributed by atoms with Gasteiger partial charge in [-0.15, -0.1) is 0 Å². The maximum Gasteiger partial charge on any atom is 0.329 e. The molecule has 5 aliphatic heterocycles. The average molecular weight is 1000 g/mol. The molecule has 12 rings (SSSR count). The van der Waals surface area contributed by atoms with Crippen LogP contribution in [0.3, 0.4) is 0 Å². The Bertz CT molecular complexity index is 3260. The monoisotopic (exact) mass is 999 g/mol. The van der Waals surface area contributed by atoms with Crippen LogP contribution in [0.2, 0.25) is 0 Å². The third-order valence-electron chi connectivity index (χ3n) is 16.0. The largest absolute Gasteiger partial charge is 0.508 e. The van der Waals surface area contributed by atoms with Crippen molar-refractivity contribution in [2.24, 2.45) is 5.92 Å². The molecule has 75 heavy (non-hydrogen) atoms. The van der Waals surface area contributed by atoms with Crippen molar-refractivity contribution >= 4 is 29.5 Å². The predicted octanol–water partition coefficient (Wildman–Crippen LogP) is 9.45. The fourth-order valence-corrected chi connectivity index (χ4v) is 12.4. The highest BCUT2D eigenvalue weighted by Gasteiger charge is 2.76. The van der Waals surface area contributed by atoms with Gasteiger partial charge in [-0.1, -0.05) is 127 Å². The Morgan fingerprint density at radius 1 is 0.747 bits per heavy atom. The molecule has 0 saturated carbocycles. The molecule has 7 unspecified atom stereocenters. The molecule has 13 heteroatoms. The number of carbonyl (C=O) groups is 4. The molecule has 6 aromatic carbocycles. The number of nitrogens with zero attached hydrogens (tertiary/aromatic N) is 4. The van der Waals surface area contributed by atoms with Crippen LogP contribution in [0.1, 0.15) is 95.8 Å². The van der Waals surface area contributed by atoms with Crippen LogP contribution >= 0.6 is 0 Å². The minimum absolute atomic E-state index is 0.00273. The molecular formula is C62H57N5O8. The van der Waals surface area contributed by atoms with E-state index in [-0.39, 0.29) is 12.5 Å². The third-order valence-corrected chi connectivity index (χ3v) is 16.0. The van der Waals surface area contributed by atoms with Crippen molar-refractivity contribution in [1.82, 2.24) is 20.0 Å². The van der Waals surface area contributed by atoms with E-state index in [1.807, 2.05) is 133 Å². The van der Waals surface area contributed by atoms with Gasteiger partial charge in [-0.25, -0.2) is 9.69 Å². The summed E-state index contributed by atoms with van der Waals surface area (Å²) in [7, 11) is 0. The quantitative estimate of drug-likeness (QED) is 0.112. The van der Waals surface area contributed by atoms with Gasteiger partial charge in [-0.2, -0.15) is 0 Å². The van der Waals surface area contributed by atoms with Crippen LogP contribution in [-0.4, -0.2) is 82.6 Å².